The van der Waals surface area contributed by atoms with Crippen molar-refractivity contribution in [1.29, 1.82) is 0 Å². The molecule has 22 heavy (non-hydrogen) atoms. The van der Waals surface area contributed by atoms with Crippen LogP contribution in [-0.2, 0) is 0 Å². The Morgan fingerprint density at radius 1 is 1.00 bits per heavy atom. The topological polar surface area (TPSA) is 68.0 Å². The summed E-state index contributed by atoms with van der Waals surface area (Å²) in [5, 5.41) is 10.5. The Morgan fingerprint density at radius 2 is 1.77 bits per heavy atom. The molecule has 0 radical (unpaired) electrons. The first-order valence-electron chi connectivity index (χ1n) is 6.91. The fourth-order valence-corrected chi connectivity index (χ4v) is 2.07. The smallest absolute Gasteiger partial charge is 0.313 e. The summed E-state index contributed by atoms with van der Waals surface area (Å²) in [5.74, 6) is -0.144. The van der Waals surface area contributed by atoms with E-state index in [0.717, 1.165) is 22.4 Å². The molecule has 0 aliphatic carbocycles. The second kappa shape index (κ2) is 5.81. The number of nitrogens with zero attached hydrogens (tertiary/aromatic N) is 2. The number of aryl methyl sites for hydroxylation is 1. The van der Waals surface area contributed by atoms with Gasteiger partial charge in [0.05, 0.1) is 0 Å². The summed E-state index contributed by atoms with van der Waals surface area (Å²) in [4.78, 5) is 12.2. The Kier molecular flexibility index (Phi) is 3.70. The third-order valence-electron chi connectivity index (χ3n) is 3.49. The minimum Gasteiger partial charge on any atom is -0.412 e. The van der Waals surface area contributed by atoms with E-state index < -0.39 is 5.91 Å². The van der Waals surface area contributed by atoms with Crippen molar-refractivity contribution in [2.45, 2.75) is 13.8 Å². The molecule has 0 unspecified atom stereocenters. The van der Waals surface area contributed by atoms with Crippen LogP contribution in [0.1, 0.15) is 21.8 Å². The maximum Gasteiger partial charge on any atom is 0.313 e. The maximum atomic E-state index is 12.2. The van der Waals surface area contributed by atoms with Gasteiger partial charge < -0.3 is 9.73 Å². The van der Waals surface area contributed by atoms with Gasteiger partial charge in [-0.15, -0.1) is 10.2 Å². The number of rotatable bonds is 3. The molecule has 0 saturated heterocycles. The molecule has 2 aromatic carbocycles. The average molecular weight is 293 g/mol. The number of amides is 1. The number of hydrogen-bond donors (Lipinski definition) is 1. The molecule has 0 saturated carbocycles. The Balaban J connectivity index is 1.82. The van der Waals surface area contributed by atoms with Gasteiger partial charge in [-0.05, 0) is 43.2 Å². The van der Waals surface area contributed by atoms with Crippen molar-refractivity contribution < 1.29 is 9.21 Å². The van der Waals surface area contributed by atoms with Crippen LogP contribution >= 0.6 is 0 Å². The van der Waals surface area contributed by atoms with Crippen molar-refractivity contribution in [2.75, 3.05) is 5.32 Å². The summed E-state index contributed by atoms with van der Waals surface area (Å²) < 4.78 is 5.44. The summed E-state index contributed by atoms with van der Waals surface area (Å²) in [5.41, 5.74) is 3.64. The third kappa shape index (κ3) is 2.74. The lowest BCUT2D eigenvalue weighted by Crippen LogP contribution is -2.13. The first-order chi connectivity index (χ1) is 10.6. The Bertz CT molecular complexity index is 810. The van der Waals surface area contributed by atoms with Gasteiger partial charge in [-0.25, -0.2) is 0 Å². The first-order valence-corrected chi connectivity index (χ1v) is 6.91. The van der Waals surface area contributed by atoms with E-state index in [-0.39, 0.29) is 5.89 Å². The molecule has 0 atom stereocenters. The maximum absolute atomic E-state index is 12.2. The first kappa shape index (κ1) is 14.0. The number of carbonyl (C=O) groups is 1. The van der Waals surface area contributed by atoms with Crippen LogP contribution in [0.25, 0.3) is 11.5 Å². The van der Waals surface area contributed by atoms with E-state index in [4.69, 9.17) is 4.42 Å². The van der Waals surface area contributed by atoms with Crippen LogP contribution < -0.4 is 5.32 Å². The molecule has 1 heterocycles. The van der Waals surface area contributed by atoms with Gasteiger partial charge in [-0.1, -0.05) is 30.3 Å². The monoisotopic (exact) mass is 293 g/mol. The van der Waals surface area contributed by atoms with E-state index in [1.807, 2.05) is 62.4 Å². The summed E-state index contributed by atoms with van der Waals surface area (Å²) in [6, 6.07) is 15.1. The van der Waals surface area contributed by atoms with Gasteiger partial charge in [0.1, 0.15) is 0 Å². The molecule has 1 amide bonds. The number of hydrogen-bond acceptors (Lipinski definition) is 4. The van der Waals surface area contributed by atoms with Gasteiger partial charge in [0.15, 0.2) is 0 Å². The molecule has 0 aliphatic rings. The Hall–Kier alpha value is -2.95. The molecule has 0 spiro atoms. The summed E-state index contributed by atoms with van der Waals surface area (Å²) in [6.45, 7) is 3.94. The van der Waals surface area contributed by atoms with Crippen molar-refractivity contribution in [3.05, 3.63) is 65.5 Å². The summed E-state index contributed by atoms with van der Waals surface area (Å²) in [6.07, 6.45) is 0. The molecular weight excluding hydrogens is 278 g/mol. The van der Waals surface area contributed by atoms with Gasteiger partial charge in [0.25, 0.3) is 0 Å². The van der Waals surface area contributed by atoms with Crippen molar-refractivity contribution in [2.24, 2.45) is 0 Å². The number of aromatic nitrogens is 2. The fourth-order valence-electron chi connectivity index (χ4n) is 2.07. The number of nitrogens with one attached hydrogen (secondary N) is 1. The predicted octanol–water partition coefficient (Wildman–Crippen LogP) is 3.61. The quantitative estimate of drug-likeness (QED) is 0.801. The molecule has 0 fully saturated rings. The zero-order chi connectivity index (χ0) is 15.5. The SMILES string of the molecule is Cc1cccc(NC(=O)c2nnc(-c3ccccc3)o2)c1C. The van der Waals surface area contributed by atoms with Gasteiger partial charge in [0.2, 0.25) is 5.89 Å². The van der Waals surface area contributed by atoms with Gasteiger partial charge >= 0.3 is 11.8 Å². The van der Waals surface area contributed by atoms with Crippen LogP contribution in [0.4, 0.5) is 5.69 Å². The molecule has 110 valence electrons. The molecular formula is C17H15N3O2. The van der Waals surface area contributed by atoms with Crippen LogP contribution in [0.2, 0.25) is 0 Å². The van der Waals surface area contributed by atoms with Crippen LogP contribution in [-0.4, -0.2) is 16.1 Å². The standard InChI is InChI=1S/C17H15N3O2/c1-11-7-6-10-14(12(11)2)18-15(21)17-20-19-16(22-17)13-8-4-3-5-9-13/h3-10H,1-2H3,(H,18,21). The van der Waals surface area contributed by atoms with E-state index in [0.29, 0.717) is 5.89 Å². The molecule has 1 aromatic heterocycles. The van der Waals surface area contributed by atoms with Gasteiger partial charge in [0, 0.05) is 11.3 Å². The minimum atomic E-state index is -0.414. The highest BCUT2D eigenvalue weighted by atomic mass is 16.4. The molecule has 0 aliphatic heterocycles. The van der Waals surface area contributed by atoms with Crippen molar-refractivity contribution in [1.82, 2.24) is 10.2 Å². The average Bonchev–Trinajstić information content (AvgIpc) is 3.03. The van der Waals surface area contributed by atoms with Crippen LogP contribution in [0.3, 0.4) is 0 Å². The largest absolute Gasteiger partial charge is 0.412 e. The van der Waals surface area contributed by atoms with Crippen molar-refractivity contribution in [3.63, 3.8) is 0 Å². The summed E-state index contributed by atoms with van der Waals surface area (Å²) >= 11 is 0. The van der Waals surface area contributed by atoms with Crippen molar-refractivity contribution in [3.8, 4) is 11.5 Å². The normalized spacial score (nSPS) is 10.5. The van der Waals surface area contributed by atoms with Crippen LogP contribution in [0, 0.1) is 13.8 Å². The summed E-state index contributed by atoms with van der Waals surface area (Å²) in [7, 11) is 0. The van der Waals surface area contributed by atoms with Crippen LogP contribution in [0.15, 0.2) is 52.9 Å². The number of carbonyl (C=O) groups excluding carboxylic acids is 1. The van der Waals surface area contributed by atoms with Gasteiger partial charge in [-0.2, -0.15) is 0 Å². The van der Waals surface area contributed by atoms with E-state index in [1.54, 1.807) is 0 Å². The highest BCUT2D eigenvalue weighted by molar-refractivity contribution is 6.01. The highest BCUT2D eigenvalue weighted by Crippen LogP contribution is 2.20. The molecule has 5 nitrogen and oxygen atoms in total. The van der Waals surface area contributed by atoms with E-state index in [9.17, 15) is 4.79 Å². The van der Waals surface area contributed by atoms with E-state index >= 15 is 0 Å². The Labute approximate surface area is 128 Å². The number of benzene rings is 2. The van der Waals surface area contributed by atoms with Crippen LogP contribution in [0.5, 0.6) is 0 Å². The highest BCUT2D eigenvalue weighted by Gasteiger charge is 2.16. The predicted molar refractivity (Wildman–Crippen MR) is 83.6 cm³/mol. The number of anilines is 1. The molecule has 3 rings (SSSR count). The fraction of sp³-hybridized carbons (Fsp3) is 0.118. The van der Waals surface area contributed by atoms with Gasteiger partial charge in [-0.3, -0.25) is 4.79 Å². The zero-order valence-corrected chi connectivity index (χ0v) is 12.3. The lowest BCUT2D eigenvalue weighted by atomic mass is 10.1. The third-order valence-corrected chi connectivity index (χ3v) is 3.49. The molecule has 5 heteroatoms. The lowest BCUT2D eigenvalue weighted by molar-refractivity contribution is 0.0990. The Morgan fingerprint density at radius 3 is 2.55 bits per heavy atom. The zero-order valence-electron chi connectivity index (χ0n) is 12.3. The van der Waals surface area contributed by atoms with Crippen molar-refractivity contribution >= 4 is 11.6 Å². The second-order valence-corrected chi connectivity index (χ2v) is 4.98. The van der Waals surface area contributed by atoms with E-state index in [1.165, 1.54) is 0 Å². The second-order valence-electron chi connectivity index (χ2n) is 4.98. The van der Waals surface area contributed by atoms with E-state index in [2.05, 4.69) is 15.5 Å². The minimum absolute atomic E-state index is 0.0558. The molecule has 3 aromatic rings. The molecule has 1 N–H and O–H groups in total. The molecule has 0 bridgehead atoms. The lowest BCUT2D eigenvalue weighted by Gasteiger charge is -2.08.